The Morgan fingerprint density at radius 2 is 1.62 bits per heavy atom. The van der Waals surface area contributed by atoms with E-state index in [0.717, 1.165) is 22.9 Å². The summed E-state index contributed by atoms with van der Waals surface area (Å²) in [6.45, 7) is 8.34. The highest BCUT2D eigenvalue weighted by Crippen LogP contribution is 2.46. The van der Waals surface area contributed by atoms with E-state index in [2.05, 4.69) is 10.0 Å². The molecule has 1 heterocycles. The summed E-state index contributed by atoms with van der Waals surface area (Å²) in [5.74, 6) is -0.720. The first-order chi connectivity index (χ1) is 19.6. The van der Waals surface area contributed by atoms with Gasteiger partial charge in [-0.2, -0.15) is 0 Å². The van der Waals surface area contributed by atoms with Crippen LogP contribution in [0, 0.1) is 11.3 Å². The number of aliphatic hydroxyl groups is 1. The Balaban J connectivity index is 1.48. The molecule has 0 aliphatic carbocycles. The van der Waals surface area contributed by atoms with Gasteiger partial charge in [0, 0.05) is 34.8 Å². The Morgan fingerprint density at radius 3 is 2.19 bits per heavy atom. The molecule has 0 radical (unpaired) electrons. The SMILES string of the molecule is CC(C)[C@@H](NC(=O)c1cccc(-c2ccc(NS(C)(=O)=O)cc2)c1)C(=O)N1CC[C@](O)(c2ccc(Cl)cc2)C(C)(C)C1. The Labute approximate surface area is 253 Å². The van der Waals surface area contributed by atoms with Crippen LogP contribution in [0.4, 0.5) is 5.69 Å². The summed E-state index contributed by atoms with van der Waals surface area (Å²) >= 11 is 6.06. The molecule has 0 aromatic heterocycles. The van der Waals surface area contributed by atoms with E-state index in [4.69, 9.17) is 11.6 Å². The lowest BCUT2D eigenvalue weighted by atomic mass is 9.66. The van der Waals surface area contributed by atoms with Gasteiger partial charge >= 0.3 is 0 Å². The number of amides is 2. The van der Waals surface area contributed by atoms with Crippen molar-refractivity contribution in [2.24, 2.45) is 11.3 Å². The zero-order valence-corrected chi connectivity index (χ0v) is 26.1. The summed E-state index contributed by atoms with van der Waals surface area (Å²) in [4.78, 5) is 28.9. The number of carbonyl (C=O) groups is 2. The molecular weight excluding hydrogens is 574 g/mol. The van der Waals surface area contributed by atoms with Crippen LogP contribution in [0.15, 0.2) is 72.8 Å². The predicted octanol–water partition coefficient (Wildman–Crippen LogP) is 5.28. The maximum absolute atomic E-state index is 13.8. The lowest BCUT2D eigenvalue weighted by molar-refractivity contribution is -0.155. The van der Waals surface area contributed by atoms with E-state index in [1.54, 1.807) is 59.5 Å². The Bertz CT molecular complexity index is 1560. The standard InChI is InChI=1S/C32H38ClN3O5S/c1-21(2)28(30(38)36-18-17-32(39,31(3,4)20-36)25-11-13-26(33)14-12-25)34-29(37)24-8-6-7-23(19-24)22-9-15-27(16-10-22)35-42(5,40)41/h6-16,19,21,28,35,39H,17-18,20H2,1-5H3,(H,34,37)/t28-,32+/m1/s1. The van der Waals surface area contributed by atoms with Crippen molar-refractivity contribution in [1.82, 2.24) is 10.2 Å². The second-order valence-corrected chi connectivity index (χ2v) is 14.2. The maximum atomic E-state index is 13.8. The molecule has 1 saturated heterocycles. The first-order valence-electron chi connectivity index (χ1n) is 13.9. The molecule has 8 nitrogen and oxygen atoms in total. The first-order valence-corrected chi connectivity index (χ1v) is 16.1. The quantitative estimate of drug-likeness (QED) is 0.321. The zero-order valence-electron chi connectivity index (χ0n) is 24.5. The van der Waals surface area contributed by atoms with Crippen LogP contribution in [0.5, 0.6) is 0 Å². The lowest BCUT2D eigenvalue weighted by Gasteiger charge is -2.51. The number of hydrogen-bond donors (Lipinski definition) is 3. The van der Waals surface area contributed by atoms with Crippen molar-refractivity contribution in [2.75, 3.05) is 24.1 Å². The van der Waals surface area contributed by atoms with Gasteiger partial charge in [-0.3, -0.25) is 14.3 Å². The minimum atomic E-state index is -3.38. The summed E-state index contributed by atoms with van der Waals surface area (Å²) in [6, 6.07) is 20.3. The first kappa shape index (κ1) is 31.5. The third-order valence-corrected chi connectivity index (χ3v) is 8.81. The molecule has 224 valence electrons. The number of carbonyl (C=O) groups excluding carboxylic acids is 2. The van der Waals surface area contributed by atoms with E-state index in [-0.39, 0.29) is 17.7 Å². The molecule has 2 amide bonds. The molecule has 3 aromatic carbocycles. The molecule has 4 rings (SSSR count). The number of sulfonamides is 1. The van der Waals surface area contributed by atoms with E-state index in [0.29, 0.717) is 35.8 Å². The number of hydrogen-bond acceptors (Lipinski definition) is 5. The molecular formula is C32H38ClN3O5S. The molecule has 0 saturated carbocycles. The molecule has 0 unspecified atom stereocenters. The molecule has 3 N–H and O–H groups in total. The van der Waals surface area contributed by atoms with E-state index in [1.165, 1.54) is 0 Å². The maximum Gasteiger partial charge on any atom is 0.251 e. The highest BCUT2D eigenvalue weighted by Gasteiger charge is 2.50. The fraction of sp³-hybridized carbons (Fsp3) is 0.375. The summed E-state index contributed by atoms with van der Waals surface area (Å²) in [7, 11) is -3.38. The largest absolute Gasteiger partial charge is 0.384 e. The fourth-order valence-electron chi connectivity index (χ4n) is 5.49. The van der Waals surface area contributed by atoms with Gasteiger partial charge in [-0.25, -0.2) is 8.42 Å². The molecule has 10 heteroatoms. The number of nitrogens with zero attached hydrogens (tertiary/aromatic N) is 1. The Morgan fingerprint density at radius 1 is 0.976 bits per heavy atom. The van der Waals surface area contributed by atoms with E-state index in [9.17, 15) is 23.1 Å². The number of piperidine rings is 1. The van der Waals surface area contributed by atoms with Gasteiger partial charge in [0.1, 0.15) is 6.04 Å². The average molecular weight is 612 g/mol. The van der Waals surface area contributed by atoms with Gasteiger partial charge in [-0.05, 0) is 65.4 Å². The van der Waals surface area contributed by atoms with Crippen LogP contribution >= 0.6 is 11.6 Å². The van der Waals surface area contributed by atoms with Gasteiger partial charge in [0.2, 0.25) is 15.9 Å². The van der Waals surface area contributed by atoms with Crippen molar-refractivity contribution < 1.29 is 23.1 Å². The molecule has 0 spiro atoms. The topological polar surface area (TPSA) is 116 Å². The van der Waals surface area contributed by atoms with Crippen LogP contribution in [0.1, 0.15) is 50.0 Å². The van der Waals surface area contributed by atoms with Crippen LogP contribution in [-0.2, 0) is 20.4 Å². The molecule has 42 heavy (non-hydrogen) atoms. The smallest absolute Gasteiger partial charge is 0.251 e. The Kier molecular flexibility index (Phi) is 9.06. The summed E-state index contributed by atoms with van der Waals surface area (Å²) < 4.78 is 25.4. The lowest BCUT2D eigenvalue weighted by Crippen LogP contribution is -2.60. The van der Waals surface area contributed by atoms with Gasteiger partial charge in [0.25, 0.3) is 5.91 Å². The summed E-state index contributed by atoms with van der Waals surface area (Å²) in [6.07, 6.45) is 1.44. The number of benzene rings is 3. The molecule has 2 atom stereocenters. The van der Waals surface area contributed by atoms with Crippen LogP contribution in [-0.4, -0.2) is 55.6 Å². The van der Waals surface area contributed by atoms with E-state index in [1.807, 2.05) is 45.9 Å². The van der Waals surface area contributed by atoms with Gasteiger partial charge in [0.15, 0.2) is 0 Å². The van der Waals surface area contributed by atoms with Crippen LogP contribution in [0.25, 0.3) is 11.1 Å². The normalized spacial score (nSPS) is 19.3. The zero-order chi connectivity index (χ0) is 30.9. The average Bonchev–Trinajstić information content (AvgIpc) is 2.92. The van der Waals surface area contributed by atoms with E-state index >= 15 is 0 Å². The van der Waals surface area contributed by atoms with Crippen LogP contribution in [0.3, 0.4) is 0 Å². The van der Waals surface area contributed by atoms with E-state index < -0.39 is 27.1 Å². The Hall–Kier alpha value is -3.40. The summed E-state index contributed by atoms with van der Waals surface area (Å²) in [5, 5.41) is 15.2. The van der Waals surface area contributed by atoms with Crippen molar-refractivity contribution in [2.45, 2.75) is 45.8 Å². The van der Waals surface area contributed by atoms with Crippen molar-refractivity contribution in [3.8, 4) is 11.1 Å². The molecule has 1 aliphatic rings. The van der Waals surface area contributed by atoms with Crippen molar-refractivity contribution in [3.63, 3.8) is 0 Å². The van der Waals surface area contributed by atoms with Gasteiger partial charge in [-0.15, -0.1) is 0 Å². The molecule has 3 aromatic rings. The van der Waals surface area contributed by atoms with Crippen LogP contribution in [0.2, 0.25) is 5.02 Å². The minimum Gasteiger partial charge on any atom is -0.384 e. The van der Waals surface area contributed by atoms with Gasteiger partial charge in [-0.1, -0.05) is 75.7 Å². The highest BCUT2D eigenvalue weighted by atomic mass is 35.5. The fourth-order valence-corrected chi connectivity index (χ4v) is 6.18. The number of anilines is 1. The van der Waals surface area contributed by atoms with Crippen molar-refractivity contribution in [3.05, 3.63) is 88.9 Å². The monoisotopic (exact) mass is 611 g/mol. The molecule has 1 fully saturated rings. The number of rotatable bonds is 8. The van der Waals surface area contributed by atoms with Gasteiger partial charge in [0.05, 0.1) is 11.9 Å². The van der Waals surface area contributed by atoms with Crippen LogP contribution < -0.4 is 10.0 Å². The number of halogens is 1. The highest BCUT2D eigenvalue weighted by molar-refractivity contribution is 7.92. The number of nitrogens with one attached hydrogen (secondary N) is 2. The van der Waals surface area contributed by atoms with Crippen molar-refractivity contribution in [1.29, 1.82) is 0 Å². The molecule has 1 aliphatic heterocycles. The molecule has 0 bridgehead atoms. The predicted molar refractivity (Wildman–Crippen MR) is 167 cm³/mol. The second-order valence-electron chi connectivity index (χ2n) is 12.0. The van der Waals surface area contributed by atoms with Gasteiger partial charge < -0.3 is 15.3 Å². The third-order valence-electron chi connectivity index (χ3n) is 7.95. The number of likely N-dealkylation sites (tertiary alicyclic amines) is 1. The summed E-state index contributed by atoms with van der Waals surface area (Å²) in [5.41, 5.74) is 1.41. The third kappa shape index (κ3) is 6.97. The van der Waals surface area contributed by atoms with Crippen molar-refractivity contribution >= 4 is 39.1 Å². The minimum absolute atomic E-state index is 0.167. The second kappa shape index (κ2) is 12.1.